The zero-order valence-electron chi connectivity index (χ0n) is 33.3. The normalized spacial score (nSPS) is 13.0. The Morgan fingerprint density at radius 2 is 0.967 bits per heavy atom. The molecule has 11 aromatic rings. The molecule has 3 heteroatoms. The van der Waals surface area contributed by atoms with Crippen LogP contribution in [0.4, 0.5) is 17.1 Å². The number of fused-ring (bicyclic) bond motifs is 9. The second-order valence-corrected chi connectivity index (χ2v) is 16.5. The van der Waals surface area contributed by atoms with Gasteiger partial charge in [0.25, 0.3) is 0 Å². The molecule has 0 spiro atoms. The number of furan rings is 2. The molecular weight excluding hydrogens is 731 g/mol. The first-order chi connectivity index (χ1) is 29.5. The highest BCUT2D eigenvalue weighted by molar-refractivity contribution is 6.24. The van der Waals surface area contributed by atoms with Crippen LogP contribution in [0.5, 0.6) is 0 Å². The van der Waals surface area contributed by atoms with E-state index in [-0.39, 0.29) is 5.41 Å². The van der Waals surface area contributed by atoms with Gasteiger partial charge in [0.05, 0.1) is 0 Å². The standard InChI is InChI=1S/C57H39NO2/c1-57(2)49-28-11-9-24-44(49)45-31-30-42(34-50(45)57)58(40-22-13-20-38(32-40)36-16-5-3-6-17-36)41-23-14-21-39(33-41)43-26-15-27-46-48-35-52-54(47-25-10-12-29-51(47)59-52)53(56(48)60-55(43)46)37-18-7-4-8-19-37/h3-35H,1-2H3. The van der Waals surface area contributed by atoms with Gasteiger partial charge in [-0.2, -0.15) is 0 Å². The molecule has 284 valence electrons. The van der Waals surface area contributed by atoms with Gasteiger partial charge in [-0.05, 0) is 93.0 Å². The number of rotatable bonds is 6. The molecule has 0 unspecified atom stereocenters. The first-order valence-corrected chi connectivity index (χ1v) is 20.7. The van der Waals surface area contributed by atoms with Crippen molar-refractivity contribution in [3.05, 3.63) is 211 Å². The average Bonchev–Trinajstić information content (AvgIpc) is 3.94. The molecule has 0 saturated heterocycles. The van der Waals surface area contributed by atoms with Gasteiger partial charge in [0.15, 0.2) is 0 Å². The van der Waals surface area contributed by atoms with Crippen molar-refractivity contribution in [2.75, 3.05) is 4.90 Å². The van der Waals surface area contributed by atoms with Gasteiger partial charge >= 0.3 is 0 Å². The highest BCUT2D eigenvalue weighted by Gasteiger charge is 2.36. The third-order valence-corrected chi connectivity index (χ3v) is 12.6. The minimum Gasteiger partial charge on any atom is -0.456 e. The maximum absolute atomic E-state index is 7.13. The molecule has 0 fully saturated rings. The predicted molar refractivity (Wildman–Crippen MR) is 250 cm³/mol. The Bertz CT molecular complexity index is 3460. The van der Waals surface area contributed by atoms with Crippen molar-refractivity contribution in [3.8, 4) is 44.5 Å². The average molecular weight is 770 g/mol. The summed E-state index contributed by atoms with van der Waals surface area (Å²) in [7, 11) is 0. The van der Waals surface area contributed by atoms with E-state index in [1.165, 1.54) is 33.4 Å². The Labute approximate surface area is 348 Å². The molecule has 1 aliphatic carbocycles. The fourth-order valence-corrected chi connectivity index (χ4v) is 9.79. The Balaban J connectivity index is 1.06. The molecule has 1 aliphatic rings. The zero-order valence-corrected chi connectivity index (χ0v) is 33.3. The highest BCUT2D eigenvalue weighted by atomic mass is 16.3. The lowest BCUT2D eigenvalue weighted by Crippen LogP contribution is -2.16. The summed E-state index contributed by atoms with van der Waals surface area (Å²) in [5.41, 5.74) is 18.5. The van der Waals surface area contributed by atoms with Gasteiger partial charge in [0.1, 0.15) is 22.3 Å². The van der Waals surface area contributed by atoms with E-state index in [1.807, 2.05) is 12.1 Å². The molecule has 9 aromatic carbocycles. The summed E-state index contributed by atoms with van der Waals surface area (Å²) in [5.74, 6) is 0. The van der Waals surface area contributed by atoms with Crippen LogP contribution in [0.3, 0.4) is 0 Å². The van der Waals surface area contributed by atoms with Crippen LogP contribution in [0.1, 0.15) is 25.0 Å². The Morgan fingerprint density at radius 1 is 0.367 bits per heavy atom. The van der Waals surface area contributed by atoms with Gasteiger partial charge < -0.3 is 13.7 Å². The second-order valence-electron chi connectivity index (χ2n) is 16.5. The van der Waals surface area contributed by atoms with Gasteiger partial charge in [-0.3, -0.25) is 0 Å². The zero-order chi connectivity index (χ0) is 40.0. The molecule has 0 amide bonds. The van der Waals surface area contributed by atoms with E-state index < -0.39 is 0 Å². The Hall–Kier alpha value is -7.62. The SMILES string of the molecule is CC1(C)c2ccccc2-c2ccc(N(c3cccc(-c4ccccc4)c3)c3cccc(-c4cccc5c4oc4c(-c6ccccc6)c6c(cc45)oc4ccccc46)c3)cc21. The number of para-hydroxylation sites is 2. The molecule has 2 aromatic heterocycles. The fraction of sp³-hybridized carbons (Fsp3) is 0.0526. The van der Waals surface area contributed by atoms with Crippen molar-refractivity contribution < 1.29 is 8.83 Å². The van der Waals surface area contributed by atoms with Crippen molar-refractivity contribution in [1.29, 1.82) is 0 Å². The molecule has 0 saturated carbocycles. The Kier molecular flexibility index (Phi) is 7.58. The molecule has 0 radical (unpaired) electrons. The summed E-state index contributed by atoms with van der Waals surface area (Å²) in [6.45, 7) is 4.69. The van der Waals surface area contributed by atoms with Crippen LogP contribution in [0.15, 0.2) is 209 Å². The molecule has 2 heterocycles. The molecule has 3 nitrogen and oxygen atoms in total. The minimum absolute atomic E-state index is 0.135. The van der Waals surface area contributed by atoms with Crippen molar-refractivity contribution in [2.24, 2.45) is 0 Å². The summed E-state index contributed by atoms with van der Waals surface area (Å²) < 4.78 is 13.7. The second kappa shape index (κ2) is 13.2. The van der Waals surface area contributed by atoms with Crippen molar-refractivity contribution in [2.45, 2.75) is 19.3 Å². The summed E-state index contributed by atoms with van der Waals surface area (Å²) in [6, 6.07) is 71.7. The van der Waals surface area contributed by atoms with Crippen molar-refractivity contribution in [1.82, 2.24) is 0 Å². The molecule has 12 rings (SSSR count). The van der Waals surface area contributed by atoms with Crippen molar-refractivity contribution in [3.63, 3.8) is 0 Å². The summed E-state index contributed by atoms with van der Waals surface area (Å²) in [6.07, 6.45) is 0. The van der Waals surface area contributed by atoms with Gasteiger partial charge in [-0.15, -0.1) is 0 Å². The number of nitrogens with zero attached hydrogens (tertiary/aromatic N) is 1. The Morgan fingerprint density at radius 3 is 1.78 bits per heavy atom. The van der Waals surface area contributed by atoms with Gasteiger partial charge in [-0.25, -0.2) is 0 Å². The van der Waals surface area contributed by atoms with E-state index in [0.717, 1.165) is 83.2 Å². The lowest BCUT2D eigenvalue weighted by Gasteiger charge is -2.29. The van der Waals surface area contributed by atoms with Crippen LogP contribution in [-0.2, 0) is 5.41 Å². The van der Waals surface area contributed by atoms with E-state index >= 15 is 0 Å². The van der Waals surface area contributed by atoms with Gasteiger partial charge in [0, 0.05) is 55.1 Å². The predicted octanol–water partition coefficient (Wildman–Crippen LogP) is 16.3. The highest BCUT2D eigenvalue weighted by Crippen LogP contribution is 2.51. The molecule has 0 aliphatic heterocycles. The van der Waals surface area contributed by atoms with E-state index in [2.05, 4.69) is 207 Å². The van der Waals surface area contributed by atoms with Crippen LogP contribution in [0, 0.1) is 0 Å². The van der Waals surface area contributed by atoms with Gasteiger partial charge in [0.2, 0.25) is 0 Å². The number of benzene rings is 9. The summed E-state index contributed by atoms with van der Waals surface area (Å²) in [4.78, 5) is 2.40. The summed E-state index contributed by atoms with van der Waals surface area (Å²) in [5, 5.41) is 4.24. The van der Waals surface area contributed by atoms with Crippen LogP contribution in [-0.4, -0.2) is 0 Å². The topological polar surface area (TPSA) is 29.5 Å². The van der Waals surface area contributed by atoms with Gasteiger partial charge in [-0.1, -0.05) is 166 Å². The maximum Gasteiger partial charge on any atom is 0.144 e. The van der Waals surface area contributed by atoms with Crippen LogP contribution in [0.25, 0.3) is 88.4 Å². The number of hydrogen-bond acceptors (Lipinski definition) is 3. The molecule has 0 N–H and O–H groups in total. The van der Waals surface area contributed by atoms with Crippen LogP contribution < -0.4 is 4.90 Å². The smallest absolute Gasteiger partial charge is 0.144 e. The van der Waals surface area contributed by atoms with Crippen LogP contribution >= 0.6 is 0 Å². The van der Waals surface area contributed by atoms with E-state index in [1.54, 1.807) is 0 Å². The number of anilines is 3. The van der Waals surface area contributed by atoms with Crippen LogP contribution in [0.2, 0.25) is 0 Å². The first-order valence-electron chi connectivity index (χ1n) is 20.7. The summed E-state index contributed by atoms with van der Waals surface area (Å²) >= 11 is 0. The lowest BCUT2D eigenvalue weighted by molar-refractivity contribution is 0.660. The largest absolute Gasteiger partial charge is 0.456 e. The van der Waals surface area contributed by atoms with E-state index in [9.17, 15) is 0 Å². The molecule has 0 atom stereocenters. The van der Waals surface area contributed by atoms with E-state index in [4.69, 9.17) is 8.83 Å². The third-order valence-electron chi connectivity index (χ3n) is 12.6. The molecular formula is C57H39NO2. The number of hydrogen-bond donors (Lipinski definition) is 0. The molecule has 0 bridgehead atoms. The minimum atomic E-state index is -0.135. The van der Waals surface area contributed by atoms with Crippen molar-refractivity contribution >= 4 is 60.9 Å². The third kappa shape index (κ3) is 5.22. The quantitative estimate of drug-likeness (QED) is 0.169. The molecule has 60 heavy (non-hydrogen) atoms. The fourth-order valence-electron chi connectivity index (χ4n) is 9.79. The first kappa shape index (κ1) is 34.4. The van der Waals surface area contributed by atoms with E-state index in [0.29, 0.717) is 0 Å². The lowest BCUT2D eigenvalue weighted by atomic mass is 9.82. The maximum atomic E-state index is 7.13. The monoisotopic (exact) mass is 769 g/mol.